The topological polar surface area (TPSA) is 81.6 Å². The highest BCUT2D eigenvalue weighted by Crippen LogP contribution is 2.27. The average molecular weight is 341 g/mol. The Labute approximate surface area is 135 Å². The second-order valence-electron chi connectivity index (χ2n) is 5.79. The van der Waals surface area contributed by atoms with Crippen LogP contribution in [0.3, 0.4) is 0 Å². The summed E-state index contributed by atoms with van der Waals surface area (Å²) in [7, 11) is 0. The number of hydrogen-bond donors (Lipinski definition) is 2. The Morgan fingerprint density at radius 2 is 2.08 bits per heavy atom. The van der Waals surface area contributed by atoms with Gasteiger partial charge in [0.1, 0.15) is 0 Å². The van der Waals surface area contributed by atoms with E-state index in [2.05, 4.69) is 10.1 Å². The summed E-state index contributed by atoms with van der Waals surface area (Å²) in [5.41, 5.74) is 7.14. The van der Waals surface area contributed by atoms with Crippen molar-refractivity contribution in [2.45, 2.75) is 45.5 Å². The molecule has 0 saturated carbocycles. The summed E-state index contributed by atoms with van der Waals surface area (Å²) in [4.78, 5) is 16.8. The molecule has 9 heteroatoms. The molecule has 0 aromatic carbocycles. The highest BCUT2D eigenvalue weighted by Gasteiger charge is 2.26. The molecule has 0 radical (unpaired) electrons. The van der Waals surface area contributed by atoms with Gasteiger partial charge in [0.2, 0.25) is 0 Å². The molecular weight excluding hydrogens is 323 g/mol. The van der Waals surface area contributed by atoms with Crippen molar-refractivity contribution in [1.29, 1.82) is 0 Å². The molecule has 0 fully saturated rings. The van der Waals surface area contributed by atoms with Gasteiger partial charge in [-0.25, -0.2) is 4.98 Å². The van der Waals surface area contributed by atoms with Crippen molar-refractivity contribution < 1.29 is 13.2 Å². The van der Waals surface area contributed by atoms with Gasteiger partial charge in [-0.15, -0.1) is 0 Å². The third-order valence-corrected chi connectivity index (χ3v) is 3.96. The van der Waals surface area contributed by atoms with E-state index in [-0.39, 0.29) is 18.5 Å². The summed E-state index contributed by atoms with van der Waals surface area (Å²) in [6, 6.07) is 0. The Morgan fingerprint density at radius 1 is 1.33 bits per heavy atom. The second kappa shape index (κ2) is 5.88. The molecule has 3 rings (SSSR count). The van der Waals surface area contributed by atoms with E-state index in [9.17, 15) is 18.0 Å². The quantitative estimate of drug-likeness (QED) is 0.748. The molecule has 0 aliphatic rings. The van der Waals surface area contributed by atoms with Crippen LogP contribution in [-0.2, 0) is 13.1 Å². The molecule has 3 heterocycles. The minimum Gasteiger partial charge on any atom is -0.397 e. The molecule has 24 heavy (non-hydrogen) atoms. The van der Waals surface area contributed by atoms with E-state index in [1.807, 2.05) is 6.92 Å². The van der Waals surface area contributed by atoms with Gasteiger partial charge in [-0.2, -0.15) is 13.2 Å². The summed E-state index contributed by atoms with van der Waals surface area (Å²) in [5.74, 6) is 0. The SMILES string of the molecule is CCCn1cc2nc3c(c[nH]n3CCCC(F)(F)F)c(N)c2c1=O. The molecule has 0 saturated heterocycles. The van der Waals surface area contributed by atoms with Crippen molar-refractivity contribution >= 4 is 27.6 Å². The van der Waals surface area contributed by atoms with Gasteiger partial charge in [0.25, 0.3) is 5.56 Å². The monoisotopic (exact) mass is 341 g/mol. The van der Waals surface area contributed by atoms with Gasteiger partial charge in [-0.3, -0.25) is 9.48 Å². The number of nitrogens with zero attached hydrogens (tertiary/aromatic N) is 3. The first kappa shape index (κ1) is 16.4. The van der Waals surface area contributed by atoms with Crippen LogP contribution in [0.2, 0.25) is 0 Å². The summed E-state index contributed by atoms with van der Waals surface area (Å²) in [6.07, 6.45) is -1.10. The lowest BCUT2D eigenvalue weighted by Crippen LogP contribution is -2.14. The number of aromatic nitrogens is 4. The van der Waals surface area contributed by atoms with Gasteiger partial charge < -0.3 is 15.4 Å². The second-order valence-corrected chi connectivity index (χ2v) is 5.79. The molecule has 0 spiro atoms. The fourth-order valence-corrected chi connectivity index (χ4v) is 2.86. The lowest BCUT2D eigenvalue weighted by molar-refractivity contribution is -0.135. The number of nitrogens with two attached hydrogens (primary N) is 1. The number of nitrogens with one attached hydrogen (secondary N) is 1. The molecular formula is C15H18F3N5O. The molecule has 3 aromatic rings. The van der Waals surface area contributed by atoms with Crippen LogP contribution < -0.4 is 11.3 Å². The van der Waals surface area contributed by atoms with Crippen LogP contribution in [0, 0.1) is 0 Å². The maximum atomic E-state index is 12.4. The molecule has 6 nitrogen and oxygen atoms in total. The first-order valence-corrected chi connectivity index (χ1v) is 7.75. The summed E-state index contributed by atoms with van der Waals surface area (Å²) in [6.45, 7) is 2.67. The van der Waals surface area contributed by atoms with Crippen molar-refractivity contribution in [3.05, 3.63) is 22.7 Å². The number of nitrogen functional groups attached to an aromatic ring is 1. The van der Waals surface area contributed by atoms with Crippen molar-refractivity contribution in [3.8, 4) is 0 Å². The number of hydrogen-bond acceptors (Lipinski definition) is 3. The van der Waals surface area contributed by atoms with E-state index in [1.165, 1.54) is 4.68 Å². The molecule has 0 atom stereocenters. The lowest BCUT2D eigenvalue weighted by Gasteiger charge is -2.07. The Kier molecular flexibility index (Phi) is 4.02. The minimum atomic E-state index is -4.18. The fraction of sp³-hybridized carbons (Fsp3) is 0.467. The first-order valence-electron chi connectivity index (χ1n) is 7.75. The number of pyridine rings is 1. The van der Waals surface area contributed by atoms with Gasteiger partial charge >= 0.3 is 6.18 Å². The van der Waals surface area contributed by atoms with E-state index >= 15 is 0 Å². The van der Waals surface area contributed by atoms with Gasteiger partial charge in [-0.05, 0) is 12.8 Å². The standard InChI is InChI=1S/C15H18F3N5O/c1-2-5-22-8-10-11(14(22)24)12(19)9-7-20-23(13(9)21-10)6-3-4-15(16,17)18/h7-8,20H,2-6,19H2,1H3. The van der Waals surface area contributed by atoms with Crippen LogP contribution in [0.5, 0.6) is 0 Å². The van der Waals surface area contributed by atoms with E-state index in [4.69, 9.17) is 5.73 Å². The van der Waals surface area contributed by atoms with Crippen LogP contribution in [-0.4, -0.2) is 25.5 Å². The van der Waals surface area contributed by atoms with Gasteiger partial charge in [-0.1, -0.05) is 6.92 Å². The van der Waals surface area contributed by atoms with Crippen LogP contribution in [0.25, 0.3) is 21.9 Å². The highest BCUT2D eigenvalue weighted by molar-refractivity contribution is 6.05. The molecule has 130 valence electrons. The van der Waals surface area contributed by atoms with E-state index in [0.29, 0.717) is 34.2 Å². The molecule has 0 unspecified atom stereocenters. The van der Waals surface area contributed by atoms with Crippen molar-refractivity contribution in [1.82, 2.24) is 19.3 Å². The predicted octanol–water partition coefficient (Wildman–Crippen LogP) is 3.01. The third kappa shape index (κ3) is 2.85. The molecule has 0 aliphatic heterocycles. The normalized spacial score (nSPS) is 12.5. The summed E-state index contributed by atoms with van der Waals surface area (Å²) < 4.78 is 40.0. The Morgan fingerprint density at radius 3 is 2.75 bits per heavy atom. The summed E-state index contributed by atoms with van der Waals surface area (Å²) >= 11 is 0. The molecule has 0 aliphatic carbocycles. The molecule has 3 aromatic heterocycles. The Bertz CT molecular complexity index is 935. The van der Waals surface area contributed by atoms with Crippen molar-refractivity contribution in [2.75, 3.05) is 5.73 Å². The van der Waals surface area contributed by atoms with E-state index in [0.717, 1.165) is 6.42 Å². The summed E-state index contributed by atoms with van der Waals surface area (Å²) in [5, 5.41) is 3.76. The van der Waals surface area contributed by atoms with Crippen LogP contribution >= 0.6 is 0 Å². The maximum absolute atomic E-state index is 12.4. The maximum Gasteiger partial charge on any atom is 0.389 e. The lowest BCUT2D eigenvalue weighted by atomic mass is 10.2. The van der Waals surface area contributed by atoms with Crippen molar-refractivity contribution in [3.63, 3.8) is 0 Å². The van der Waals surface area contributed by atoms with Gasteiger partial charge in [0.05, 0.1) is 22.0 Å². The average Bonchev–Trinajstić information content (AvgIpc) is 3.02. The zero-order chi connectivity index (χ0) is 17.5. The highest BCUT2D eigenvalue weighted by atomic mass is 19.4. The van der Waals surface area contributed by atoms with Gasteiger partial charge in [0, 0.05) is 31.9 Å². The molecule has 0 amide bonds. The number of halogens is 3. The van der Waals surface area contributed by atoms with Crippen LogP contribution in [0.15, 0.2) is 17.2 Å². The number of aryl methyl sites for hydroxylation is 2. The van der Waals surface area contributed by atoms with Crippen molar-refractivity contribution in [2.24, 2.45) is 0 Å². The molecule has 0 bridgehead atoms. The predicted molar refractivity (Wildman–Crippen MR) is 85.8 cm³/mol. The first-order chi connectivity index (χ1) is 11.3. The minimum absolute atomic E-state index is 0.0624. The third-order valence-electron chi connectivity index (χ3n) is 3.96. The number of anilines is 1. The number of alkyl halides is 3. The Hall–Kier alpha value is -2.45. The van der Waals surface area contributed by atoms with E-state index < -0.39 is 12.6 Å². The van der Waals surface area contributed by atoms with Crippen LogP contribution in [0.4, 0.5) is 18.9 Å². The van der Waals surface area contributed by atoms with Crippen LogP contribution in [0.1, 0.15) is 26.2 Å². The smallest absolute Gasteiger partial charge is 0.389 e. The van der Waals surface area contributed by atoms with Gasteiger partial charge in [0.15, 0.2) is 5.65 Å². The zero-order valence-electron chi connectivity index (χ0n) is 13.2. The number of rotatable bonds is 5. The fourth-order valence-electron chi connectivity index (χ4n) is 2.86. The number of fused-ring (bicyclic) bond motifs is 2. The molecule has 3 N–H and O–H groups in total. The zero-order valence-corrected chi connectivity index (χ0v) is 13.2. The largest absolute Gasteiger partial charge is 0.397 e. The number of H-pyrrole nitrogens is 1. The van der Waals surface area contributed by atoms with E-state index in [1.54, 1.807) is 17.0 Å². The number of aromatic amines is 1. The Balaban J connectivity index is 2.03.